The van der Waals surface area contributed by atoms with Crippen LogP contribution in [-0.4, -0.2) is 39.4 Å². The Labute approximate surface area is 220 Å². The number of amides is 2. The molecule has 4 rings (SSSR count). The third-order valence-electron chi connectivity index (χ3n) is 5.65. The minimum Gasteiger partial charge on any atom is -0.479 e. The van der Waals surface area contributed by atoms with Crippen molar-refractivity contribution in [1.82, 2.24) is 14.8 Å². The maximum Gasteiger partial charge on any atom is 0.390 e. The van der Waals surface area contributed by atoms with Crippen LogP contribution in [0.25, 0.3) is 0 Å². The quantitative estimate of drug-likeness (QED) is 0.412. The Morgan fingerprint density at radius 1 is 1.08 bits per heavy atom. The predicted octanol–water partition coefficient (Wildman–Crippen LogP) is 5.21. The van der Waals surface area contributed by atoms with Gasteiger partial charge in [0.1, 0.15) is 5.82 Å². The summed E-state index contributed by atoms with van der Waals surface area (Å²) in [5.74, 6) is -0.0494. The highest BCUT2D eigenvalue weighted by Gasteiger charge is 2.32. The maximum absolute atomic E-state index is 13.1. The smallest absolute Gasteiger partial charge is 0.390 e. The van der Waals surface area contributed by atoms with E-state index in [2.05, 4.69) is 15.5 Å². The van der Waals surface area contributed by atoms with Gasteiger partial charge in [0, 0.05) is 29.9 Å². The molecule has 1 aliphatic heterocycles. The van der Waals surface area contributed by atoms with E-state index in [0.29, 0.717) is 23.7 Å². The van der Waals surface area contributed by atoms with Crippen LogP contribution in [0.5, 0.6) is 5.75 Å². The molecule has 0 fully saturated rings. The minimum atomic E-state index is -4.39. The number of benzene rings is 2. The Bertz CT molecular complexity index is 1310. The van der Waals surface area contributed by atoms with Gasteiger partial charge >= 0.3 is 6.18 Å². The van der Waals surface area contributed by atoms with Crippen LogP contribution in [0.2, 0.25) is 10.0 Å². The van der Waals surface area contributed by atoms with E-state index < -0.39 is 25.0 Å². The topological polar surface area (TPSA) is 89.3 Å². The van der Waals surface area contributed by atoms with Gasteiger partial charge in [0.05, 0.1) is 24.3 Å². The van der Waals surface area contributed by atoms with Crippen LogP contribution in [-0.2, 0) is 35.5 Å². The summed E-state index contributed by atoms with van der Waals surface area (Å²) in [5.41, 5.74) is 1.48. The molecule has 0 aliphatic carbocycles. The molecular weight excluding hydrogens is 534 g/mol. The van der Waals surface area contributed by atoms with Gasteiger partial charge < -0.3 is 14.6 Å². The first-order valence-electron chi connectivity index (χ1n) is 11.3. The molecule has 37 heavy (non-hydrogen) atoms. The van der Waals surface area contributed by atoms with Crippen molar-refractivity contribution in [3.63, 3.8) is 0 Å². The van der Waals surface area contributed by atoms with Gasteiger partial charge in [-0.1, -0.05) is 35.3 Å². The molecule has 196 valence electrons. The van der Waals surface area contributed by atoms with E-state index in [1.165, 1.54) is 28.5 Å². The lowest BCUT2D eigenvalue weighted by Crippen LogP contribution is -2.39. The standard InChI is InChI=1S/C24H22Cl2F3N5O3/c1-14(35)30-18-10-17(26)11-19-23(18)37-13-22(36)34(19)12-21-32-31-20(33(21)9-8-24(27,28)29)7-4-15-2-5-16(25)6-3-15/h2-3,5-6,10-11H,4,7-9,12-13H2,1H3,(H,30,35). The molecule has 0 atom stereocenters. The average molecular weight is 556 g/mol. The van der Waals surface area contributed by atoms with E-state index in [0.717, 1.165) is 5.56 Å². The zero-order valence-corrected chi connectivity index (χ0v) is 21.1. The van der Waals surface area contributed by atoms with E-state index in [9.17, 15) is 22.8 Å². The predicted molar refractivity (Wildman–Crippen MR) is 132 cm³/mol. The van der Waals surface area contributed by atoms with Crippen molar-refractivity contribution in [2.45, 2.75) is 45.5 Å². The first-order valence-corrected chi connectivity index (χ1v) is 12.0. The largest absolute Gasteiger partial charge is 0.479 e. The first-order chi connectivity index (χ1) is 17.5. The molecule has 0 bridgehead atoms. The van der Waals surface area contributed by atoms with Gasteiger partial charge in [0.25, 0.3) is 5.91 Å². The van der Waals surface area contributed by atoms with Crippen molar-refractivity contribution in [3.05, 3.63) is 63.7 Å². The molecule has 8 nitrogen and oxygen atoms in total. The number of nitrogens with one attached hydrogen (secondary N) is 1. The summed E-state index contributed by atoms with van der Waals surface area (Å²) in [5, 5.41) is 11.7. The summed E-state index contributed by atoms with van der Waals surface area (Å²) in [6.07, 6.45) is -4.63. The molecule has 1 aliphatic rings. The molecule has 0 unspecified atom stereocenters. The fraction of sp³-hybridized carbons (Fsp3) is 0.333. The third-order valence-corrected chi connectivity index (χ3v) is 6.12. The monoisotopic (exact) mass is 555 g/mol. The first kappa shape index (κ1) is 26.7. The fourth-order valence-corrected chi connectivity index (χ4v) is 4.29. The SMILES string of the molecule is CC(=O)Nc1cc(Cl)cc2c1OCC(=O)N2Cc1nnc(CCc2ccc(Cl)cc2)n1CCC(F)(F)F. The molecule has 2 heterocycles. The molecule has 2 aromatic carbocycles. The van der Waals surface area contributed by atoms with Gasteiger partial charge in [0.2, 0.25) is 5.91 Å². The summed E-state index contributed by atoms with van der Waals surface area (Å²) in [7, 11) is 0. The van der Waals surface area contributed by atoms with E-state index >= 15 is 0 Å². The van der Waals surface area contributed by atoms with Gasteiger partial charge in [0.15, 0.2) is 18.2 Å². The maximum atomic E-state index is 13.1. The third kappa shape index (κ3) is 6.72. The lowest BCUT2D eigenvalue weighted by Gasteiger charge is -2.30. The van der Waals surface area contributed by atoms with Crippen molar-refractivity contribution in [1.29, 1.82) is 0 Å². The number of carbonyl (C=O) groups is 2. The summed E-state index contributed by atoms with van der Waals surface area (Å²) in [6, 6.07) is 10.1. The Kier molecular flexibility index (Phi) is 7.93. The Morgan fingerprint density at radius 3 is 2.46 bits per heavy atom. The number of nitrogens with zero attached hydrogens (tertiary/aromatic N) is 4. The van der Waals surface area contributed by atoms with E-state index in [-0.39, 0.29) is 47.0 Å². The number of ether oxygens (including phenoxy) is 1. The molecule has 3 aromatic rings. The minimum absolute atomic E-state index is 0.166. The number of hydrogen-bond acceptors (Lipinski definition) is 5. The summed E-state index contributed by atoms with van der Waals surface area (Å²) in [4.78, 5) is 25.7. The van der Waals surface area contributed by atoms with Crippen molar-refractivity contribution in [2.75, 3.05) is 16.8 Å². The average Bonchev–Trinajstić information content (AvgIpc) is 3.19. The highest BCUT2D eigenvalue weighted by atomic mass is 35.5. The molecule has 0 saturated carbocycles. The second-order valence-corrected chi connectivity index (χ2v) is 9.30. The van der Waals surface area contributed by atoms with Gasteiger partial charge in [-0.2, -0.15) is 13.2 Å². The number of rotatable bonds is 8. The molecule has 0 saturated heterocycles. The van der Waals surface area contributed by atoms with E-state index in [1.807, 2.05) is 12.1 Å². The highest BCUT2D eigenvalue weighted by molar-refractivity contribution is 6.31. The number of aromatic nitrogens is 3. The van der Waals surface area contributed by atoms with Crippen molar-refractivity contribution in [2.24, 2.45) is 0 Å². The number of aryl methyl sites for hydroxylation is 2. The van der Waals surface area contributed by atoms with Crippen molar-refractivity contribution < 1.29 is 27.5 Å². The number of halogens is 5. The number of alkyl halides is 3. The molecule has 0 radical (unpaired) electrons. The molecule has 0 spiro atoms. The van der Waals surface area contributed by atoms with Crippen LogP contribution < -0.4 is 15.0 Å². The van der Waals surface area contributed by atoms with Gasteiger partial charge in [-0.3, -0.25) is 14.5 Å². The Hall–Kier alpha value is -3.31. The normalized spacial score (nSPS) is 13.4. The second-order valence-electron chi connectivity index (χ2n) is 8.43. The molecular formula is C24H22Cl2F3N5O3. The molecule has 13 heteroatoms. The van der Waals surface area contributed by atoms with Crippen LogP contribution in [0.1, 0.15) is 30.6 Å². The van der Waals surface area contributed by atoms with E-state index in [4.69, 9.17) is 27.9 Å². The van der Waals surface area contributed by atoms with Crippen molar-refractivity contribution in [3.8, 4) is 5.75 Å². The van der Waals surface area contributed by atoms with Crippen LogP contribution >= 0.6 is 23.2 Å². The second kappa shape index (κ2) is 11.0. The van der Waals surface area contributed by atoms with Gasteiger partial charge in [-0.05, 0) is 36.2 Å². The number of anilines is 2. The van der Waals surface area contributed by atoms with Gasteiger partial charge in [-0.15, -0.1) is 10.2 Å². The Morgan fingerprint density at radius 2 is 1.78 bits per heavy atom. The van der Waals surface area contributed by atoms with Crippen LogP contribution in [0, 0.1) is 0 Å². The summed E-state index contributed by atoms with van der Waals surface area (Å²) < 4.78 is 46.3. The van der Waals surface area contributed by atoms with E-state index in [1.54, 1.807) is 12.1 Å². The highest BCUT2D eigenvalue weighted by Crippen LogP contribution is 2.42. The number of hydrogen-bond donors (Lipinski definition) is 1. The lowest BCUT2D eigenvalue weighted by molar-refractivity contribution is -0.137. The summed E-state index contributed by atoms with van der Waals surface area (Å²) >= 11 is 12.1. The lowest BCUT2D eigenvalue weighted by atomic mass is 10.1. The zero-order valence-electron chi connectivity index (χ0n) is 19.6. The van der Waals surface area contributed by atoms with Crippen LogP contribution in [0.3, 0.4) is 0 Å². The number of carbonyl (C=O) groups excluding carboxylic acids is 2. The molecule has 1 aromatic heterocycles. The number of fused-ring (bicyclic) bond motifs is 1. The van der Waals surface area contributed by atoms with Crippen LogP contribution in [0.4, 0.5) is 24.5 Å². The fourth-order valence-electron chi connectivity index (χ4n) is 3.95. The van der Waals surface area contributed by atoms with Crippen molar-refractivity contribution >= 4 is 46.4 Å². The zero-order chi connectivity index (χ0) is 26.7. The molecule has 2 amide bonds. The summed E-state index contributed by atoms with van der Waals surface area (Å²) in [6.45, 7) is 0.412. The van der Waals surface area contributed by atoms with Gasteiger partial charge in [-0.25, -0.2) is 0 Å². The van der Waals surface area contributed by atoms with Crippen LogP contribution in [0.15, 0.2) is 36.4 Å². The molecule has 1 N–H and O–H groups in total. The Balaban J connectivity index is 1.64.